The predicted molar refractivity (Wildman–Crippen MR) is 94.3 cm³/mol. The summed E-state index contributed by atoms with van der Waals surface area (Å²) in [5.74, 6) is 0. The Balaban J connectivity index is 0.000000505. The Kier molecular flexibility index (Phi) is 7.01. The number of anilines is 1. The van der Waals surface area contributed by atoms with Crippen LogP contribution in [-0.4, -0.2) is 45.7 Å². The maximum Gasteiger partial charge on any atom is 0.673 e. The van der Waals surface area contributed by atoms with Crippen molar-refractivity contribution in [3.63, 3.8) is 0 Å². The van der Waals surface area contributed by atoms with Gasteiger partial charge in [0.05, 0.1) is 0 Å². The van der Waals surface area contributed by atoms with Crippen LogP contribution in [0.4, 0.5) is 23.0 Å². The molecule has 0 radical (unpaired) electrons. The third-order valence-electron chi connectivity index (χ3n) is 3.15. The minimum absolute atomic E-state index is 1.22. The Morgan fingerprint density at radius 1 is 0.875 bits per heavy atom. The highest BCUT2D eigenvalue weighted by Crippen LogP contribution is 2.16. The van der Waals surface area contributed by atoms with E-state index in [-0.39, 0.29) is 0 Å². The zero-order valence-electron chi connectivity index (χ0n) is 14.2. The zero-order valence-corrected chi connectivity index (χ0v) is 14.2. The molecule has 0 unspecified atom stereocenters. The van der Waals surface area contributed by atoms with Crippen LogP contribution in [0.3, 0.4) is 0 Å². The molecular formula is C17H21BF4N2. The minimum atomic E-state index is -6.00. The van der Waals surface area contributed by atoms with E-state index in [4.69, 9.17) is 0 Å². The van der Waals surface area contributed by atoms with Gasteiger partial charge in [-0.2, -0.15) is 0 Å². The van der Waals surface area contributed by atoms with Crippen LogP contribution in [-0.2, 0) is 0 Å². The topological polar surface area (TPSA) is 6.25 Å². The van der Waals surface area contributed by atoms with Gasteiger partial charge >= 0.3 is 7.25 Å². The molecule has 0 aromatic heterocycles. The molecule has 0 amide bonds. The van der Waals surface area contributed by atoms with Gasteiger partial charge < -0.3 is 22.2 Å². The monoisotopic (exact) mass is 340 g/mol. The average Bonchev–Trinajstić information content (AvgIpc) is 2.46. The van der Waals surface area contributed by atoms with Gasteiger partial charge in [0.25, 0.3) is 0 Å². The lowest BCUT2D eigenvalue weighted by molar-refractivity contribution is -0.462. The smallest absolute Gasteiger partial charge is 0.418 e. The highest BCUT2D eigenvalue weighted by atomic mass is 19.5. The molecule has 130 valence electrons. The number of rotatable bonds is 2. The van der Waals surface area contributed by atoms with Gasteiger partial charge in [0.15, 0.2) is 5.71 Å². The van der Waals surface area contributed by atoms with Crippen LogP contribution in [0.1, 0.15) is 5.56 Å². The molecule has 0 heterocycles. The molecule has 0 bridgehead atoms. The van der Waals surface area contributed by atoms with E-state index in [1.165, 1.54) is 22.5 Å². The van der Waals surface area contributed by atoms with Gasteiger partial charge in [0.2, 0.25) is 0 Å². The summed E-state index contributed by atoms with van der Waals surface area (Å²) in [6, 6.07) is 8.57. The predicted octanol–water partition coefficient (Wildman–Crippen LogP) is 4.28. The lowest BCUT2D eigenvalue weighted by Crippen LogP contribution is -2.09. The largest absolute Gasteiger partial charge is 0.673 e. The summed E-state index contributed by atoms with van der Waals surface area (Å²) >= 11 is 0. The van der Waals surface area contributed by atoms with Crippen molar-refractivity contribution in [2.24, 2.45) is 0 Å². The molecule has 2 rings (SSSR count). The SMILES string of the molecule is CN(C)c1ccc(C=C2C=CC(=[N+](C)C)C=C2)cc1.F[B-](F)(F)F. The molecule has 7 heteroatoms. The van der Waals surface area contributed by atoms with Crippen molar-refractivity contribution in [3.8, 4) is 0 Å². The number of allylic oxidation sites excluding steroid dienone is 5. The zero-order chi connectivity index (χ0) is 18.3. The van der Waals surface area contributed by atoms with Crippen molar-refractivity contribution in [3.05, 3.63) is 59.7 Å². The summed E-state index contributed by atoms with van der Waals surface area (Å²) in [5.41, 5.74) is 4.90. The normalized spacial score (nSPS) is 13.3. The Morgan fingerprint density at radius 2 is 1.33 bits per heavy atom. The minimum Gasteiger partial charge on any atom is -0.418 e. The quantitative estimate of drug-likeness (QED) is 0.443. The Morgan fingerprint density at radius 3 is 1.71 bits per heavy atom. The van der Waals surface area contributed by atoms with Gasteiger partial charge in [0, 0.05) is 31.9 Å². The Hall–Kier alpha value is -2.31. The number of hydrogen-bond acceptors (Lipinski definition) is 1. The maximum atomic E-state index is 9.75. The van der Waals surface area contributed by atoms with Crippen molar-refractivity contribution in [2.75, 3.05) is 33.1 Å². The van der Waals surface area contributed by atoms with E-state index in [0.29, 0.717) is 0 Å². The molecule has 1 aromatic rings. The third-order valence-corrected chi connectivity index (χ3v) is 3.15. The van der Waals surface area contributed by atoms with E-state index in [9.17, 15) is 17.3 Å². The summed E-state index contributed by atoms with van der Waals surface area (Å²) in [4.78, 5) is 2.11. The van der Waals surface area contributed by atoms with Crippen LogP contribution in [0.2, 0.25) is 0 Å². The van der Waals surface area contributed by atoms with E-state index < -0.39 is 7.25 Å². The molecule has 1 aromatic carbocycles. The number of halogens is 4. The van der Waals surface area contributed by atoms with Crippen molar-refractivity contribution in [1.29, 1.82) is 0 Å². The lowest BCUT2D eigenvalue weighted by atomic mass is 10.0. The molecule has 0 saturated carbocycles. The summed E-state index contributed by atoms with van der Waals surface area (Å²) in [6.07, 6.45) is 10.8. The molecule has 2 nitrogen and oxygen atoms in total. The van der Waals surface area contributed by atoms with Crippen LogP contribution in [0.25, 0.3) is 6.08 Å². The summed E-state index contributed by atoms with van der Waals surface area (Å²) < 4.78 is 41.1. The van der Waals surface area contributed by atoms with E-state index in [2.05, 4.69) is 92.3 Å². The van der Waals surface area contributed by atoms with Crippen LogP contribution in [0, 0.1) is 0 Å². The van der Waals surface area contributed by atoms with E-state index in [1.54, 1.807) is 0 Å². The van der Waals surface area contributed by atoms with Crippen molar-refractivity contribution >= 4 is 24.7 Å². The molecule has 24 heavy (non-hydrogen) atoms. The second-order valence-electron chi connectivity index (χ2n) is 5.61. The van der Waals surface area contributed by atoms with Crippen LogP contribution >= 0.6 is 0 Å². The average molecular weight is 340 g/mol. The van der Waals surface area contributed by atoms with Gasteiger partial charge in [-0.25, -0.2) is 4.58 Å². The highest BCUT2D eigenvalue weighted by Gasteiger charge is 2.20. The van der Waals surface area contributed by atoms with E-state index >= 15 is 0 Å². The first-order valence-corrected chi connectivity index (χ1v) is 7.33. The molecule has 0 N–H and O–H groups in total. The number of nitrogens with zero attached hydrogens (tertiary/aromatic N) is 2. The third kappa shape index (κ3) is 7.81. The van der Waals surface area contributed by atoms with E-state index in [1.807, 2.05) is 0 Å². The van der Waals surface area contributed by atoms with Crippen molar-refractivity contribution in [1.82, 2.24) is 0 Å². The molecular weight excluding hydrogens is 319 g/mol. The molecule has 1 aliphatic rings. The standard InChI is InChI=1S/C17H21N2.BF4/c1-18(2)16-9-5-14(6-10-16)13-15-7-11-17(12-8-15)19(3)4;2-1(3,4)5/h5-13H,1-4H3;/q+1;-1. The molecule has 1 aliphatic carbocycles. The van der Waals surface area contributed by atoms with Gasteiger partial charge in [-0.15, -0.1) is 0 Å². The molecule has 0 atom stereocenters. The van der Waals surface area contributed by atoms with Crippen molar-refractivity contribution in [2.45, 2.75) is 0 Å². The van der Waals surface area contributed by atoms with Gasteiger partial charge in [-0.05, 0) is 41.5 Å². The molecule has 0 saturated heterocycles. The van der Waals surface area contributed by atoms with Crippen LogP contribution < -0.4 is 4.90 Å². The number of hydrogen-bond donors (Lipinski definition) is 0. The molecule has 0 spiro atoms. The van der Waals surface area contributed by atoms with E-state index in [0.717, 1.165) is 0 Å². The van der Waals surface area contributed by atoms with Gasteiger partial charge in [-0.3, -0.25) is 0 Å². The fourth-order valence-electron chi connectivity index (χ4n) is 1.93. The first-order valence-electron chi connectivity index (χ1n) is 7.33. The van der Waals surface area contributed by atoms with Crippen molar-refractivity contribution < 1.29 is 21.8 Å². The maximum absolute atomic E-state index is 9.75. The van der Waals surface area contributed by atoms with Gasteiger partial charge in [-0.1, -0.05) is 12.1 Å². The second kappa shape index (κ2) is 8.52. The van der Waals surface area contributed by atoms with Crippen LogP contribution in [0.5, 0.6) is 0 Å². The Labute approximate surface area is 140 Å². The summed E-state index contributed by atoms with van der Waals surface area (Å²) in [7, 11) is 2.22. The second-order valence-corrected chi connectivity index (χ2v) is 5.61. The lowest BCUT2D eigenvalue weighted by Gasteiger charge is -2.12. The molecule has 0 aliphatic heterocycles. The first kappa shape index (κ1) is 19.7. The highest BCUT2D eigenvalue weighted by molar-refractivity contribution is 6.50. The van der Waals surface area contributed by atoms with Gasteiger partial charge in [0.1, 0.15) is 14.1 Å². The summed E-state index contributed by atoms with van der Waals surface area (Å²) in [5, 5.41) is 0. The summed E-state index contributed by atoms with van der Waals surface area (Å²) in [6.45, 7) is 0. The first-order chi connectivity index (χ1) is 11.1. The van der Waals surface area contributed by atoms with Crippen LogP contribution in [0.15, 0.2) is 54.1 Å². The number of benzene rings is 1. The fourth-order valence-corrected chi connectivity index (χ4v) is 1.93. The molecule has 0 fully saturated rings. The Bertz CT molecular complexity index is 641. The fraction of sp³-hybridized carbons (Fsp3) is 0.235.